The third-order valence-corrected chi connectivity index (χ3v) is 2.08. The summed E-state index contributed by atoms with van der Waals surface area (Å²) in [5.74, 6) is 0.652. The Morgan fingerprint density at radius 3 is 2.60 bits per heavy atom. The van der Waals surface area contributed by atoms with Crippen LogP contribution in [0.15, 0.2) is 49.6 Å². The fourth-order valence-electron chi connectivity index (χ4n) is 1.12. The first-order valence-electron chi connectivity index (χ1n) is 4.80. The molecule has 0 aliphatic rings. The lowest BCUT2D eigenvalue weighted by Crippen LogP contribution is -2.14. The first-order valence-corrected chi connectivity index (χ1v) is 4.80. The highest BCUT2D eigenvalue weighted by atomic mass is 16.5. The first kappa shape index (κ1) is 11.5. The minimum absolute atomic E-state index is 0.0922. The van der Waals surface area contributed by atoms with Gasteiger partial charge < -0.3 is 9.47 Å². The Hall–Kier alpha value is -1.54. The number of benzene rings is 1. The van der Waals surface area contributed by atoms with E-state index in [1.54, 1.807) is 13.2 Å². The van der Waals surface area contributed by atoms with E-state index in [0.29, 0.717) is 12.4 Å². The first-order chi connectivity index (χ1) is 7.27. The quantitative estimate of drug-likeness (QED) is 0.524. The maximum atomic E-state index is 5.48. The minimum Gasteiger partial charge on any atom is -0.491 e. The molecule has 0 fully saturated rings. The van der Waals surface area contributed by atoms with Gasteiger partial charge in [-0.3, -0.25) is 0 Å². The molecule has 0 aliphatic heterocycles. The molecule has 0 heterocycles. The van der Waals surface area contributed by atoms with Crippen LogP contribution in [0.4, 0.5) is 0 Å². The molecule has 2 nitrogen and oxygen atoms in total. The minimum atomic E-state index is -0.0922. The Kier molecular flexibility index (Phi) is 4.64. The van der Waals surface area contributed by atoms with Crippen molar-refractivity contribution in [3.05, 3.63) is 55.1 Å². The van der Waals surface area contributed by atoms with Crippen LogP contribution in [0.2, 0.25) is 0 Å². The van der Waals surface area contributed by atoms with Crippen molar-refractivity contribution < 1.29 is 9.47 Å². The average molecular weight is 204 g/mol. The third kappa shape index (κ3) is 3.60. The third-order valence-electron chi connectivity index (χ3n) is 2.08. The van der Waals surface area contributed by atoms with E-state index in [-0.39, 0.29) is 6.10 Å². The molecular weight excluding hydrogens is 188 g/mol. The van der Waals surface area contributed by atoms with E-state index < -0.39 is 0 Å². The van der Waals surface area contributed by atoms with Gasteiger partial charge in [-0.15, -0.1) is 6.58 Å². The van der Waals surface area contributed by atoms with Crippen LogP contribution in [-0.2, 0) is 9.47 Å². The summed E-state index contributed by atoms with van der Waals surface area (Å²) in [7, 11) is 1.63. The lowest BCUT2D eigenvalue weighted by molar-refractivity contribution is 0.0812. The van der Waals surface area contributed by atoms with Crippen LogP contribution in [0.3, 0.4) is 0 Å². The molecule has 0 N–H and O–H groups in total. The van der Waals surface area contributed by atoms with Crippen LogP contribution in [0, 0.1) is 0 Å². The van der Waals surface area contributed by atoms with E-state index in [0.717, 1.165) is 5.56 Å². The molecule has 0 saturated carbocycles. The smallest absolute Gasteiger partial charge is 0.119 e. The van der Waals surface area contributed by atoms with E-state index in [1.807, 2.05) is 30.3 Å². The zero-order chi connectivity index (χ0) is 11.1. The lowest BCUT2D eigenvalue weighted by atomic mass is 10.2. The van der Waals surface area contributed by atoms with Gasteiger partial charge in [-0.1, -0.05) is 43.0 Å². The van der Waals surface area contributed by atoms with Gasteiger partial charge in [0.15, 0.2) is 0 Å². The lowest BCUT2D eigenvalue weighted by Gasteiger charge is -2.13. The van der Waals surface area contributed by atoms with Crippen molar-refractivity contribution in [1.82, 2.24) is 0 Å². The zero-order valence-corrected chi connectivity index (χ0v) is 8.98. The molecule has 2 heteroatoms. The summed E-state index contributed by atoms with van der Waals surface area (Å²) >= 11 is 0. The molecule has 0 amide bonds. The summed E-state index contributed by atoms with van der Waals surface area (Å²) in [5.41, 5.74) is 0.983. The Bertz CT molecular complexity index is 317. The molecular formula is C13H16O2. The van der Waals surface area contributed by atoms with Crippen molar-refractivity contribution >= 4 is 5.76 Å². The maximum absolute atomic E-state index is 5.48. The van der Waals surface area contributed by atoms with E-state index in [9.17, 15) is 0 Å². The Morgan fingerprint density at radius 2 is 2.07 bits per heavy atom. The Morgan fingerprint density at radius 1 is 1.40 bits per heavy atom. The average Bonchev–Trinajstić information content (AvgIpc) is 2.31. The molecule has 0 radical (unpaired) electrons. The van der Waals surface area contributed by atoms with Crippen molar-refractivity contribution in [1.29, 1.82) is 0 Å². The fraction of sp³-hybridized carbons (Fsp3) is 0.231. The van der Waals surface area contributed by atoms with Crippen LogP contribution in [-0.4, -0.2) is 19.8 Å². The number of rotatable bonds is 6. The Balaban J connectivity index is 2.46. The summed E-state index contributed by atoms with van der Waals surface area (Å²) in [6.45, 7) is 7.94. The van der Waals surface area contributed by atoms with Crippen molar-refractivity contribution in [2.45, 2.75) is 6.10 Å². The molecule has 1 aromatic rings. The second-order valence-corrected chi connectivity index (χ2v) is 3.11. The van der Waals surface area contributed by atoms with Crippen molar-refractivity contribution in [3.8, 4) is 0 Å². The van der Waals surface area contributed by atoms with E-state index in [1.165, 1.54) is 0 Å². The normalized spacial score (nSPS) is 11.8. The molecule has 0 aliphatic carbocycles. The van der Waals surface area contributed by atoms with Crippen LogP contribution >= 0.6 is 0 Å². The molecule has 1 aromatic carbocycles. The van der Waals surface area contributed by atoms with Gasteiger partial charge in [0, 0.05) is 12.7 Å². The summed E-state index contributed by atoms with van der Waals surface area (Å²) in [5, 5.41) is 0. The summed E-state index contributed by atoms with van der Waals surface area (Å²) < 4.78 is 10.6. The SMILES string of the molecule is C=CC(COC(=C)c1ccccc1)OC. The van der Waals surface area contributed by atoms with E-state index in [4.69, 9.17) is 9.47 Å². The summed E-state index contributed by atoms with van der Waals surface area (Å²) in [6.07, 6.45) is 1.61. The van der Waals surface area contributed by atoms with Gasteiger partial charge in [-0.05, 0) is 0 Å². The molecule has 15 heavy (non-hydrogen) atoms. The zero-order valence-electron chi connectivity index (χ0n) is 8.98. The summed E-state index contributed by atoms with van der Waals surface area (Å²) in [6, 6.07) is 9.77. The maximum Gasteiger partial charge on any atom is 0.119 e. The monoisotopic (exact) mass is 204 g/mol. The number of hydrogen-bond acceptors (Lipinski definition) is 2. The predicted molar refractivity (Wildman–Crippen MR) is 62.4 cm³/mol. The van der Waals surface area contributed by atoms with Crippen molar-refractivity contribution in [2.75, 3.05) is 13.7 Å². The molecule has 0 aromatic heterocycles. The summed E-state index contributed by atoms with van der Waals surface area (Å²) in [4.78, 5) is 0. The molecule has 0 bridgehead atoms. The Labute approximate surface area is 90.8 Å². The molecule has 0 saturated heterocycles. The fourth-order valence-corrected chi connectivity index (χ4v) is 1.12. The van der Waals surface area contributed by atoms with Crippen LogP contribution in [0.5, 0.6) is 0 Å². The second kappa shape index (κ2) is 6.04. The van der Waals surface area contributed by atoms with E-state index in [2.05, 4.69) is 13.2 Å². The number of methoxy groups -OCH3 is 1. The van der Waals surface area contributed by atoms with Gasteiger partial charge in [0.1, 0.15) is 18.5 Å². The molecule has 1 atom stereocenters. The second-order valence-electron chi connectivity index (χ2n) is 3.11. The van der Waals surface area contributed by atoms with Crippen LogP contribution < -0.4 is 0 Å². The van der Waals surface area contributed by atoms with Gasteiger partial charge in [-0.2, -0.15) is 0 Å². The van der Waals surface area contributed by atoms with Crippen LogP contribution in [0.1, 0.15) is 5.56 Å². The largest absolute Gasteiger partial charge is 0.491 e. The van der Waals surface area contributed by atoms with E-state index >= 15 is 0 Å². The van der Waals surface area contributed by atoms with Gasteiger partial charge in [-0.25, -0.2) is 0 Å². The standard InChI is InChI=1S/C13H16O2/c1-4-13(14-3)10-15-11(2)12-8-6-5-7-9-12/h4-9,13H,1-2,10H2,3H3. The molecule has 1 rings (SSSR count). The molecule has 0 spiro atoms. The topological polar surface area (TPSA) is 18.5 Å². The molecule has 1 unspecified atom stereocenters. The number of hydrogen-bond donors (Lipinski definition) is 0. The van der Waals surface area contributed by atoms with Crippen LogP contribution in [0.25, 0.3) is 5.76 Å². The highest BCUT2D eigenvalue weighted by Gasteiger charge is 2.04. The van der Waals surface area contributed by atoms with Crippen molar-refractivity contribution in [3.63, 3.8) is 0 Å². The molecule has 80 valence electrons. The van der Waals surface area contributed by atoms with Gasteiger partial charge >= 0.3 is 0 Å². The highest BCUT2D eigenvalue weighted by Crippen LogP contribution is 2.13. The van der Waals surface area contributed by atoms with Gasteiger partial charge in [0.2, 0.25) is 0 Å². The predicted octanol–water partition coefficient (Wildman–Crippen LogP) is 2.87. The van der Waals surface area contributed by atoms with Gasteiger partial charge in [0.05, 0.1) is 0 Å². The van der Waals surface area contributed by atoms with Gasteiger partial charge in [0.25, 0.3) is 0 Å². The highest BCUT2D eigenvalue weighted by molar-refractivity contribution is 5.56. The van der Waals surface area contributed by atoms with Crippen molar-refractivity contribution in [2.24, 2.45) is 0 Å². The number of ether oxygens (including phenoxy) is 2.